The number of hydrogen-bond acceptors (Lipinski definition) is 3. The van der Waals surface area contributed by atoms with Crippen molar-refractivity contribution in [3.05, 3.63) is 53.9 Å². The highest BCUT2D eigenvalue weighted by molar-refractivity contribution is 7.89. The summed E-state index contributed by atoms with van der Waals surface area (Å²) in [5.41, 5.74) is 1.00. The van der Waals surface area contributed by atoms with Crippen molar-refractivity contribution in [2.24, 2.45) is 5.41 Å². The number of aromatic nitrogens is 1. The molecular formula is C17H20N2O4S. The van der Waals surface area contributed by atoms with E-state index in [9.17, 15) is 13.2 Å². The number of benzene rings is 1. The molecule has 0 atom stereocenters. The Balaban J connectivity index is 1.69. The lowest BCUT2D eigenvalue weighted by Gasteiger charge is -2.42. The molecule has 0 bridgehead atoms. The van der Waals surface area contributed by atoms with E-state index in [-0.39, 0.29) is 16.0 Å². The van der Waals surface area contributed by atoms with Gasteiger partial charge in [0.1, 0.15) is 10.6 Å². The molecule has 3 rings (SSSR count). The van der Waals surface area contributed by atoms with E-state index in [0.717, 1.165) is 31.7 Å². The van der Waals surface area contributed by atoms with Gasteiger partial charge in [-0.25, -0.2) is 17.9 Å². The fourth-order valence-corrected chi connectivity index (χ4v) is 4.26. The van der Waals surface area contributed by atoms with Gasteiger partial charge in [0.15, 0.2) is 0 Å². The highest BCUT2D eigenvalue weighted by Gasteiger charge is 2.38. The zero-order valence-corrected chi connectivity index (χ0v) is 14.0. The Morgan fingerprint density at radius 1 is 1.25 bits per heavy atom. The normalized spacial score (nSPS) is 16.5. The van der Waals surface area contributed by atoms with E-state index in [2.05, 4.69) is 21.8 Å². The second-order valence-electron chi connectivity index (χ2n) is 6.39. The molecule has 3 N–H and O–H groups in total. The Morgan fingerprint density at radius 3 is 2.50 bits per heavy atom. The third-order valence-electron chi connectivity index (χ3n) is 4.67. The number of carbonyl (C=O) groups is 1. The summed E-state index contributed by atoms with van der Waals surface area (Å²) in [6, 6.07) is 11.2. The lowest BCUT2D eigenvalue weighted by atomic mass is 9.65. The third-order valence-corrected chi connectivity index (χ3v) is 6.05. The number of aromatic carboxylic acids is 1. The van der Waals surface area contributed by atoms with Crippen molar-refractivity contribution >= 4 is 16.0 Å². The first-order valence-electron chi connectivity index (χ1n) is 7.86. The molecule has 1 aromatic carbocycles. The van der Waals surface area contributed by atoms with Crippen molar-refractivity contribution in [2.45, 2.75) is 30.6 Å². The number of carboxylic acids is 1. The van der Waals surface area contributed by atoms with Crippen LogP contribution in [0.4, 0.5) is 0 Å². The molecule has 1 heterocycles. The van der Waals surface area contributed by atoms with Crippen LogP contribution in [0.3, 0.4) is 0 Å². The molecule has 0 aliphatic heterocycles. The van der Waals surface area contributed by atoms with Crippen LogP contribution in [-0.2, 0) is 16.4 Å². The molecule has 128 valence electrons. The molecule has 1 saturated carbocycles. The number of H-pyrrole nitrogens is 1. The molecule has 6 nitrogen and oxygen atoms in total. The smallest absolute Gasteiger partial charge is 0.352 e. The summed E-state index contributed by atoms with van der Waals surface area (Å²) in [6.45, 7) is 0.359. The maximum atomic E-state index is 12.4. The Kier molecular flexibility index (Phi) is 4.47. The van der Waals surface area contributed by atoms with E-state index in [4.69, 9.17) is 5.11 Å². The number of rotatable bonds is 7. The fraction of sp³-hybridized carbons (Fsp3) is 0.353. The molecule has 0 unspecified atom stereocenters. The predicted octanol–water partition coefficient (Wildman–Crippen LogP) is 2.40. The minimum atomic E-state index is -3.72. The lowest BCUT2D eigenvalue weighted by molar-refractivity contribution is 0.0691. The van der Waals surface area contributed by atoms with Crippen LogP contribution in [0.5, 0.6) is 0 Å². The quantitative estimate of drug-likeness (QED) is 0.715. The summed E-state index contributed by atoms with van der Waals surface area (Å²) in [6.07, 6.45) is 5.11. The van der Waals surface area contributed by atoms with Crippen molar-refractivity contribution in [2.75, 3.05) is 6.54 Å². The van der Waals surface area contributed by atoms with Gasteiger partial charge >= 0.3 is 5.97 Å². The van der Waals surface area contributed by atoms with Gasteiger partial charge in [-0.2, -0.15) is 0 Å². The molecule has 0 amide bonds. The van der Waals surface area contributed by atoms with E-state index in [1.165, 1.54) is 11.8 Å². The Hall–Kier alpha value is -2.12. The predicted molar refractivity (Wildman–Crippen MR) is 89.4 cm³/mol. The van der Waals surface area contributed by atoms with Crippen LogP contribution in [0.15, 0.2) is 47.5 Å². The van der Waals surface area contributed by atoms with E-state index in [1.807, 2.05) is 18.2 Å². The highest BCUT2D eigenvalue weighted by Crippen LogP contribution is 2.43. The van der Waals surface area contributed by atoms with Crippen LogP contribution in [-0.4, -0.2) is 31.0 Å². The first-order valence-corrected chi connectivity index (χ1v) is 9.34. The van der Waals surface area contributed by atoms with Crippen molar-refractivity contribution in [1.29, 1.82) is 0 Å². The summed E-state index contributed by atoms with van der Waals surface area (Å²) in [5.74, 6) is -1.18. The summed E-state index contributed by atoms with van der Waals surface area (Å²) in [5, 5.41) is 8.89. The average molecular weight is 348 g/mol. The largest absolute Gasteiger partial charge is 0.477 e. The highest BCUT2D eigenvalue weighted by atomic mass is 32.2. The molecule has 24 heavy (non-hydrogen) atoms. The van der Waals surface area contributed by atoms with Gasteiger partial charge < -0.3 is 10.1 Å². The van der Waals surface area contributed by atoms with Crippen LogP contribution < -0.4 is 4.72 Å². The van der Waals surface area contributed by atoms with Crippen LogP contribution in [0, 0.1) is 5.41 Å². The number of hydrogen-bond donors (Lipinski definition) is 3. The zero-order valence-electron chi connectivity index (χ0n) is 13.2. The molecule has 0 radical (unpaired) electrons. The van der Waals surface area contributed by atoms with Crippen molar-refractivity contribution in [3.8, 4) is 0 Å². The number of nitrogens with one attached hydrogen (secondary N) is 2. The summed E-state index contributed by atoms with van der Waals surface area (Å²) in [4.78, 5) is 13.3. The van der Waals surface area contributed by atoms with Gasteiger partial charge in [0.05, 0.1) is 0 Å². The first-order chi connectivity index (χ1) is 11.4. The van der Waals surface area contributed by atoms with E-state index >= 15 is 0 Å². The molecule has 1 aliphatic carbocycles. The number of aromatic amines is 1. The van der Waals surface area contributed by atoms with Gasteiger partial charge in [0.2, 0.25) is 10.0 Å². The van der Waals surface area contributed by atoms with Gasteiger partial charge in [-0.15, -0.1) is 0 Å². The Labute approximate surface area is 141 Å². The van der Waals surface area contributed by atoms with E-state index in [1.54, 1.807) is 0 Å². The van der Waals surface area contributed by atoms with Crippen LogP contribution in [0.2, 0.25) is 0 Å². The summed E-state index contributed by atoms with van der Waals surface area (Å²) >= 11 is 0. The average Bonchev–Trinajstić information content (AvgIpc) is 3.02. The fourth-order valence-electron chi connectivity index (χ4n) is 3.11. The topological polar surface area (TPSA) is 99.3 Å². The molecule has 0 spiro atoms. The van der Waals surface area contributed by atoms with Crippen molar-refractivity contribution < 1.29 is 18.3 Å². The van der Waals surface area contributed by atoms with Gasteiger partial charge in [0.25, 0.3) is 0 Å². The minimum Gasteiger partial charge on any atom is -0.477 e. The molecule has 1 fully saturated rings. The van der Waals surface area contributed by atoms with E-state index < -0.39 is 16.0 Å². The maximum absolute atomic E-state index is 12.4. The van der Waals surface area contributed by atoms with Gasteiger partial charge in [-0.05, 0) is 36.3 Å². The minimum absolute atomic E-state index is 0.0471. The molecule has 1 aliphatic rings. The monoisotopic (exact) mass is 348 g/mol. The number of carboxylic acid groups (broad SMARTS) is 1. The van der Waals surface area contributed by atoms with Crippen LogP contribution in [0.1, 0.15) is 35.3 Å². The second kappa shape index (κ2) is 6.41. The first kappa shape index (κ1) is 16.7. The molecular weight excluding hydrogens is 328 g/mol. The maximum Gasteiger partial charge on any atom is 0.352 e. The Morgan fingerprint density at radius 2 is 1.96 bits per heavy atom. The molecule has 7 heteroatoms. The third kappa shape index (κ3) is 3.52. The standard InChI is InChI=1S/C17H20N2O4S/c20-16(21)15-9-14(11-18-15)24(22,23)19-12-17(7-4-8-17)10-13-5-2-1-3-6-13/h1-3,5-6,9,11,18-19H,4,7-8,10,12H2,(H,20,21). The van der Waals surface area contributed by atoms with E-state index in [0.29, 0.717) is 6.54 Å². The SMILES string of the molecule is O=C(O)c1cc(S(=O)(=O)NCC2(Cc3ccccc3)CCC2)c[nH]1. The molecule has 0 saturated heterocycles. The van der Waals surface area contributed by atoms with Gasteiger partial charge in [-0.3, -0.25) is 0 Å². The molecule has 1 aromatic heterocycles. The number of sulfonamides is 1. The van der Waals surface area contributed by atoms with Crippen molar-refractivity contribution in [3.63, 3.8) is 0 Å². The van der Waals surface area contributed by atoms with Crippen LogP contribution >= 0.6 is 0 Å². The van der Waals surface area contributed by atoms with Crippen molar-refractivity contribution in [1.82, 2.24) is 9.71 Å². The lowest BCUT2D eigenvalue weighted by Crippen LogP contribution is -2.43. The second-order valence-corrected chi connectivity index (χ2v) is 8.16. The zero-order chi connectivity index (χ0) is 17.2. The summed E-state index contributed by atoms with van der Waals surface area (Å²) in [7, 11) is -3.72. The van der Waals surface area contributed by atoms with Gasteiger partial charge in [-0.1, -0.05) is 36.8 Å². The summed E-state index contributed by atoms with van der Waals surface area (Å²) < 4.78 is 27.4. The van der Waals surface area contributed by atoms with Gasteiger partial charge in [0, 0.05) is 12.7 Å². The van der Waals surface area contributed by atoms with Crippen LogP contribution in [0.25, 0.3) is 0 Å². The molecule has 2 aromatic rings. The Bertz CT molecular complexity index is 823.